The molecule has 22 heavy (non-hydrogen) atoms. The predicted octanol–water partition coefficient (Wildman–Crippen LogP) is 3.91. The van der Waals surface area contributed by atoms with Crippen LogP contribution in [-0.4, -0.2) is 42.7 Å². The van der Waals surface area contributed by atoms with E-state index in [0.717, 1.165) is 55.2 Å². The predicted molar refractivity (Wildman–Crippen MR) is 95.0 cm³/mol. The monoisotopic (exact) mass is 340 g/mol. The van der Waals surface area contributed by atoms with Gasteiger partial charge >= 0.3 is 0 Å². The SMILES string of the molecule is CCNCC1CCN(C(=O)c2cc(Cl)ccc2SCC)CC1. The van der Waals surface area contributed by atoms with Gasteiger partial charge in [0.1, 0.15) is 0 Å². The van der Waals surface area contributed by atoms with E-state index in [-0.39, 0.29) is 5.91 Å². The lowest BCUT2D eigenvalue weighted by Crippen LogP contribution is -2.41. The Kier molecular flexibility index (Phi) is 7.06. The van der Waals surface area contributed by atoms with Gasteiger partial charge in [-0.05, 0) is 55.8 Å². The normalized spacial score (nSPS) is 16.0. The van der Waals surface area contributed by atoms with Crippen LogP contribution in [0.15, 0.2) is 23.1 Å². The molecule has 122 valence electrons. The Hall–Kier alpha value is -0.710. The van der Waals surface area contributed by atoms with Gasteiger partial charge < -0.3 is 10.2 Å². The standard InChI is InChI=1S/C17H25ClN2OS/c1-3-19-12-13-7-9-20(10-8-13)17(21)15-11-14(18)5-6-16(15)22-4-2/h5-6,11,13,19H,3-4,7-10,12H2,1-2H3. The van der Waals surface area contributed by atoms with Crippen LogP contribution in [0.25, 0.3) is 0 Å². The summed E-state index contributed by atoms with van der Waals surface area (Å²) in [7, 11) is 0. The molecule has 5 heteroatoms. The minimum absolute atomic E-state index is 0.125. The first kappa shape index (κ1) is 17.6. The fourth-order valence-electron chi connectivity index (χ4n) is 2.81. The molecule has 0 aliphatic carbocycles. The molecule has 1 aromatic carbocycles. The highest BCUT2D eigenvalue weighted by atomic mass is 35.5. The Morgan fingerprint density at radius 2 is 2.09 bits per heavy atom. The number of nitrogens with one attached hydrogen (secondary N) is 1. The van der Waals surface area contributed by atoms with E-state index in [1.54, 1.807) is 11.8 Å². The molecule has 2 rings (SSSR count). The number of amides is 1. The molecule has 1 heterocycles. The van der Waals surface area contributed by atoms with Crippen LogP contribution in [0.1, 0.15) is 37.0 Å². The maximum atomic E-state index is 12.8. The Morgan fingerprint density at radius 1 is 1.36 bits per heavy atom. The summed E-state index contributed by atoms with van der Waals surface area (Å²) in [6.45, 7) is 7.99. The number of carbonyl (C=O) groups excluding carboxylic acids is 1. The smallest absolute Gasteiger partial charge is 0.255 e. The van der Waals surface area contributed by atoms with Gasteiger partial charge in [0.25, 0.3) is 5.91 Å². The van der Waals surface area contributed by atoms with Crippen LogP contribution in [0.5, 0.6) is 0 Å². The van der Waals surface area contributed by atoms with Crippen LogP contribution >= 0.6 is 23.4 Å². The van der Waals surface area contributed by atoms with Crippen molar-refractivity contribution in [1.82, 2.24) is 10.2 Å². The Balaban J connectivity index is 2.02. The van der Waals surface area contributed by atoms with Gasteiger partial charge in [0.2, 0.25) is 0 Å². The molecule has 1 aromatic rings. The number of likely N-dealkylation sites (tertiary alicyclic amines) is 1. The van der Waals surface area contributed by atoms with E-state index in [1.807, 2.05) is 23.1 Å². The van der Waals surface area contributed by atoms with Crippen LogP contribution in [-0.2, 0) is 0 Å². The first-order valence-corrected chi connectivity index (χ1v) is 9.44. The van der Waals surface area contributed by atoms with Crippen LogP contribution in [0.2, 0.25) is 5.02 Å². The fraction of sp³-hybridized carbons (Fsp3) is 0.588. The molecule has 1 aliphatic rings. The van der Waals surface area contributed by atoms with Gasteiger partial charge in [0.15, 0.2) is 0 Å². The molecule has 1 fully saturated rings. The highest BCUT2D eigenvalue weighted by Crippen LogP contribution is 2.28. The maximum absolute atomic E-state index is 12.8. The van der Waals surface area contributed by atoms with Gasteiger partial charge in [-0.2, -0.15) is 0 Å². The fourth-order valence-corrected chi connectivity index (χ4v) is 3.76. The van der Waals surface area contributed by atoms with Crippen molar-refractivity contribution in [2.45, 2.75) is 31.6 Å². The molecule has 0 saturated carbocycles. The van der Waals surface area contributed by atoms with E-state index >= 15 is 0 Å². The van der Waals surface area contributed by atoms with E-state index < -0.39 is 0 Å². The number of hydrogen-bond acceptors (Lipinski definition) is 3. The van der Waals surface area contributed by atoms with Crippen LogP contribution in [0, 0.1) is 5.92 Å². The number of carbonyl (C=O) groups is 1. The molecule has 3 nitrogen and oxygen atoms in total. The highest BCUT2D eigenvalue weighted by Gasteiger charge is 2.25. The minimum atomic E-state index is 0.125. The molecular formula is C17H25ClN2OS. The van der Waals surface area contributed by atoms with Crippen molar-refractivity contribution in [3.63, 3.8) is 0 Å². The second-order valence-electron chi connectivity index (χ2n) is 5.62. The number of nitrogens with zero attached hydrogens (tertiary/aromatic N) is 1. The molecular weight excluding hydrogens is 316 g/mol. The van der Waals surface area contributed by atoms with E-state index in [2.05, 4.69) is 19.2 Å². The van der Waals surface area contributed by atoms with Crippen LogP contribution in [0.4, 0.5) is 0 Å². The summed E-state index contributed by atoms with van der Waals surface area (Å²) in [6, 6.07) is 5.63. The largest absolute Gasteiger partial charge is 0.339 e. The van der Waals surface area contributed by atoms with E-state index in [1.165, 1.54) is 0 Å². The third kappa shape index (κ3) is 4.64. The molecule has 0 unspecified atom stereocenters. The molecule has 0 aromatic heterocycles. The van der Waals surface area contributed by atoms with Gasteiger partial charge in [0.05, 0.1) is 5.56 Å². The lowest BCUT2D eigenvalue weighted by atomic mass is 9.96. The molecule has 1 N–H and O–H groups in total. The van der Waals surface area contributed by atoms with Crippen molar-refractivity contribution >= 4 is 29.3 Å². The molecule has 0 radical (unpaired) electrons. The average molecular weight is 341 g/mol. The quantitative estimate of drug-likeness (QED) is 0.797. The van der Waals surface area contributed by atoms with Gasteiger partial charge in [0, 0.05) is 23.0 Å². The van der Waals surface area contributed by atoms with Gasteiger partial charge in [-0.3, -0.25) is 4.79 Å². The number of thioether (sulfide) groups is 1. The van der Waals surface area contributed by atoms with Gasteiger partial charge in [-0.1, -0.05) is 25.4 Å². The first-order chi connectivity index (χ1) is 10.7. The molecule has 1 saturated heterocycles. The summed E-state index contributed by atoms with van der Waals surface area (Å²) in [5.74, 6) is 1.76. The second kappa shape index (κ2) is 8.80. The topological polar surface area (TPSA) is 32.3 Å². The second-order valence-corrected chi connectivity index (χ2v) is 7.36. The van der Waals surface area contributed by atoms with Crippen molar-refractivity contribution in [2.75, 3.05) is 31.9 Å². The third-order valence-corrected chi connectivity index (χ3v) is 5.25. The zero-order valence-corrected chi connectivity index (χ0v) is 15.0. The van der Waals surface area contributed by atoms with Crippen molar-refractivity contribution in [2.24, 2.45) is 5.92 Å². The highest BCUT2D eigenvalue weighted by molar-refractivity contribution is 7.99. The number of benzene rings is 1. The van der Waals surface area contributed by atoms with E-state index in [4.69, 9.17) is 11.6 Å². The van der Waals surface area contributed by atoms with Gasteiger partial charge in [-0.25, -0.2) is 0 Å². The third-order valence-electron chi connectivity index (χ3n) is 4.06. The Bertz CT molecular complexity index is 501. The lowest BCUT2D eigenvalue weighted by Gasteiger charge is -2.32. The van der Waals surface area contributed by atoms with Crippen molar-refractivity contribution in [1.29, 1.82) is 0 Å². The number of hydrogen-bond donors (Lipinski definition) is 1. The van der Waals surface area contributed by atoms with Crippen molar-refractivity contribution < 1.29 is 4.79 Å². The average Bonchev–Trinajstić information content (AvgIpc) is 2.54. The molecule has 0 bridgehead atoms. The Morgan fingerprint density at radius 3 is 2.73 bits per heavy atom. The zero-order chi connectivity index (χ0) is 15.9. The van der Waals surface area contributed by atoms with Crippen molar-refractivity contribution in [3.8, 4) is 0 Å². The summed E-state index contributed by atoms with van der Waals surface area (Å²) in [4.78, 5) is 15.8. The summed E-state index contributed by atoms with van der Waals surface area (Å²) >= 11 is 7.79. The van der Waals surface area contributed by atoms with Crippen molar-refractivity contribution in [3.05, 3.63) is 28.8 Å². The molecule has 1 amide bonds. The first-order valence-electron chi connectivity index (χ1n) is 8.08. The maximum Gasteiger partial charge on any atom is 0.255 e. The van der Waals surface area contributed by atoms with E-state index in [0.29, 0.717) is 10.9 Å². The number of piperidine rings is 1. The summed E-state index contributed by atoms with van der Waals surface area (Å²) in [5.41, 5.74) is 0.754. The Labute approximate surface area is 142 Å². The summed E-state index contributed by atoms with van der Waals surface area (Å²) in [6.07, 6.45) is 2.16. The van der Waals surface area contributed by atoms with E-state index in [9.17, 15) is 4.79 Å². The number of rotatable bonds is 6. The number of halogens is 1. The summed E-state index contributed by atoms with van der Waals surface area (Å²) < 4.78 is 0. The molecule has 1 aliphatic heterocycles. The zero-order valence-electron chi connectivity index (χ0n) is 13.4. The van der Waals surface area contributed by atoms with Crippen LogP contribution < -0.4 is 5.32 Å². The summed E-state index contributed by atoms with van der Waals surface area (Å²) in [5, 5.41) is 4.03. The molecule has 0 atom stereocenters. The van der Waals surface area contributed by atoms with Gasteiger partial charge in [-0.15, -0.1) is 11.8 Å². The lowest BCUT2D eigenvalue weighted by molar-refractivity contribution is 0.0687. The molecule has 0 spiro atoms. The minimum Gasteiger partial charge on any atom is -0.339 e. The van der Waals surface area contributed by atoms with Crippen LogP contribution in [0.3, 0.4) is 0 Å².